The third kappa shape index (κ3) is 6.06. The summed E-state index contributed by atoms with van der Waals surface area (Å²) in [6.07, 6.45) is 4.36. The molecule has 0 bridgehead atoms. The minimum Gasteiger partial charge on any atom is -0.443 e. The number of nitrogens with one attached hydrogen (secondary N) is 2. The van der Waals surface area contributed by atoms with Crippen LogP contribution in [0.2, 0.25) is 0 Å². The van der Waals surface area contributed by atoms with Crippen molar-refractivity contribution < 1.29 is 4.42 Å². The zero-order valence-corrected chi connectivity index (χ0v) is 19.2. The van der Waals surface area contributed by atoms with Gasteiger partial charge in [0, 0.05) is 23.9 Å². The van der Waals surface area contributed by atoms with Gasteiger partial charge >= 0.3 is 0 Å². The fraction of sp³-hybridized carbons (Fsp3) is 0.636. The molecule has 1 atom stereocenters. The molecule has 1 aliphatic heterocycles. The summed E-state index contributed by atoms with van der Waals surface area (Å²) in [5, 5.41) is 9.00. The third-order valence-corrected chi connectivity index (χ3v) is 6.49. The second-order valence-electron chi connectivity index (χ2n) is 8.92. The zero-order valence-electron chi connectivity index (χ0n) is 18.4. The van der Waals surface area contributed by atoms with Gasteiger partial charge in [0.15, 0.2) is 5.96 Å². The average molecular weight is 418 g/mol. The van der Waals surface area contributed by atoms with Gasteiger partial charge in [-0.3, -0.25) is 9.89 Å². The van der Waals surface area contributed by atoms with E-state index in [0.717, 1.165) is 37.3 Å². The highest BCUT2D eigenvalue weighted by atomic mass is 32.1. The molecule has 160 valence electrons. The van der Waals surface area contributed by atoms with Gasteiger partial charge in [0.2, 0.25) is 5.89 Å². The number of oxazole rings is 1. The van der Waals surface area contributed by atoms with E-state index in [1.165, 1.54) is 17.7 Å². The fourth-order valence-electron chi connectivity index (χ4n) is 3.54. The Hall–Kier alpha value is -1.86. The molecule has 0 saturated carbocycles. The number of aromatic nitrogens is 1. The monoisotopic (exact) mass is 417 g/mol. The Labute approximate surface area is 178 Å². The molecule has 0 amide bonds. The van der Waals surface area contributed by atoms with Gasteiger partial charge in [0.25, 0.3) is 0 Å². The Morgan fingerprint density at radius 3 is 2.69 bits per heavy atom. The first-order chi connectivity index (χ1) is 13.9. The van der Waals surface area contributed by atoms with Gasteiger partial charge < -0.3 is 15.1 Å². The first kappa shape index (κ1) is 21.8. The highest BCUT2D eigenvalue weighted by molar-refractivity contribution is 7.10. The van der Waals surface area contributed by atoms with Crippen LogP contribution >= 0.6 is 11.3 Å². The van der Waals surface area contributed by atoms with Crippen molar-refractivity contribution in [2.75, 3.05) is 26.7 Å². The molecule has 0 aliphatic carbocycles. The van der Waals surface area contributed by atoms with E-state index < -0.39 is 0 Å². The molecule has 2 N–H and O–H groups in total. The number of hydrogen-bond donors (Lipinski definition) is 2. The normalized spacial score (nSPS) is 18.0. The van der Waals surface area contributed by atoms with Crippen LogP contribution in [0, 0.1) is 5.92 Å². The van der Waals surface area contributed by atoms with Gasteiger partial charge in [-0.25, -0.2) is 4.98 Å². The standard InChI is InChI=1S/C22H35N5OS/c1-16-8-10-27(11-9-16)17(18-7-6-12-29-18)13-25-21(23-5)26-15-20-24-14-19(28-20)22(2,3)4/h6-7,12,14,16-17H,8-11,13,15H2,1-5H3,(H2,23,25,26). The Morgan fingerprint density at radius 2 is 2.10 bits per heavy atom. The Balaban J connectivity index is 1.57. The second kappa shape index (κ2) is 9.76. The molecular weight excluding hydrogens is 382 g/mol. The van der Waals surface area contributed by atoms with Gasteiger partial charge in [0.05, 0.1) is 18.8 Å². The van der Waals surface area contributed by atoms with Crippen molar-refractivity contribution in [2.24, 2.45) is 10.9 Å². The lowest BCUT2D eigenvalue weighted by atomic mass is 9.94. The van der Waals surface area contributed by atoms with E-state index in [-0.39, 0.29) is 5.41 Å². The molecule has 1 saturated heterocycles. The van der Waals surface area contributed by atoms with E-state index >= 15 is 0 Å². The van der Waals surface area contributed by atoms with Gasteiger partial charge in [-0.1, -0.05) is 33.8 Å². The topological polar surface area (TPSA) is 65.7 Å². The van der Waals surface area contributed by atoms with Gasteiger partial charge in [-0.05, 0) is 43.3 Å². The summed E-state index contributed by atoms with van der Waals surface area (Å²) >= 11 is 1.83. The second-order valence-corrected chi connectivity index (χ2v) is 9.90. The molecule has 0 radical (unpaired) electrons. The van der Waals surface area contributed by atoms with Crippen molar-refractivity contribution in [3.8, 4) is 0 Å². The van der Waals surface area contributed by atoms with Gasteiger partial charge in [-0.2, -0.15) is 0 Å². The average Bonchev–Trinajstić information content (AvgIpc) is 3.37. The van der Waals surface area contributed by atoms with Crippen LogP contribution in [0.15, 0.2) is 33.1 Å². The predicted octanol–water partition coefficient (Wildman–Crippen LogP) is 4.17. The molecule has 0 spiro atoms. The molecule has 2 aromatic rings. The zero-order chi connectivity index (χ0) is 20.9. The minimum atomic E-state index is -0.0367. The quantitative estimate of drug-likeness (QED) is 0.545. The summed E-state index contributed by atoms with van der Waals surface area (Å²) in [5.41, 5.74) is -0.0367. The molecule has 3 heterocycles. The molecule has 1 unspecified atom stereocenters. The lowest BCUT2D eigenvalue weighted by molar-refractivity contribution is 0.140. The Bertz CT molecular complexity index is 769. The van der Waals surface area contributed by atoms with Crippen LogP contribution in [0.1, 0.15) is 63.1 Å². The largest absolute Gasteiger partial charge is 0.443 e. The number of hydrogen-bond acceptors (Lipinski definition) is 5. The summed E-state index contributed by atoms with van der Waals surface area (Å²) in [7, 11) is 1.80. The first-order valence-electron chi connectivity index (χ1n) is 10.5. The highest BCUT2D eigenvalue weighted by Crippen LogP contribution is 2.29. The molecule has 6 nitrogen and oxygen atoms in total. The number of guanidine groups is 1. The smallest absolute Gasteiger partial charge is 0.213 e. The maximum Gasteiger partial charge on any atom is 0.213 e. The van der Waals surface area contributed by atoms with Crippen molar-refractivity contribution in [1.29, 1.82) is 0 Å². The molecular formula is C22H35N5OS. The van der Waals surface area contributed by atoms with Crippen LogP contribution in [-0.2, 0) is 12.0 Å². The van der Waals surface area contributed by atoms with E-state index in [2.05, 4.69) is 70.7 Å². The summed E-state index contributed by atoms with van der Waals surface area (Å²) in [6.45, 7) is 12.4. The maximum absolute atomic E-state index is 5.87. The van der Waals surface area contributed by atoms with Crippen LogP contribution in [-0.4, -0.2) is 42.5 Å². The van der Waals surface area contributed by atoms with E-state index in [1.807, 2.05) is 17.5 Å². The number of thiophene rings is 1. The third-order valence-electron chi connectivity index (χ3n) is 5.52. The number of rotatable bonds is 6. The van der Waals surface area contributed by atoms with Crippen LogP contribution < -0.4 is 10.6 Å². The van der Waals surface area contributed by atoms with E-state index in [4.69, 9.17) is 4.42 Å². The van der Waals surface area contributed by atoms with Crippen LogP contribution in [0.25, 0.3) is 0 Å². The van der Waals surface area contributed by atoms with Crippen molar-refractivity contribution >= 4 is 17.3 Å². The van der Waals surface area contributed by atoms with Gasteiger partial charge in [0.1, 0.15) is 5.76 Å². The number of aliphatic imine (C=N–C) groups is 1. The van der Waals surface area contributed by atoms with Crippen molar-refractivity contribution in [2.45, 2.75) is 58.5 Å². The summed E-state index contributed by atoms with van der Waals surface area (Å²) in [6, 6.07) is 4.75. The van der Waals surface area contributed by atoms with E-state index in [1.54, 1.807) is 7.05 Å². The Morgan fingerprint density at radius 1 is 1.34 bits per heavy atom. The maximum atomic E-state index is 5.87. The highest BCUT2D eigenvalue weighted by Gasteiger charge is 2.25. The first-order valence-corrected chi connectivity index (χ1v) is 11.4. The molecule has 1 fully saturated rings. The van der Waals surface area contributed by atoms with Crippen LogP contribution in [0.5, 0.6) is 0 Å². The SMILES string of the molecule is CN=C(NCc1ncc(C(C)(C)C)o1)NCC(c1cccs1)N1CCC(C)CC1. The van der Waals surface area contributed by atoms with Crippen LogP contribution in [0.4, 0.5) is 0 Å². The van der Waals surface area contributed by atoms with Gasteiger partial charge in [-0.15, -0.1) is 11.3 Å². The number of nitrogens with zero attached hydrogens (tertiary/aromatic N) is 3. The lowest BCUT2D eigenvalue weighted by Crippen LogP contribution is -2.44. The van der Waals surface area contributed by atoms with Crippen molar-refractivity contribution in [3.05, 3.63) is 40.2 Å². The lowest BCUT2D eigenvalue weighted by Gasteiger charge is -2.36. The molecule has 0 aromatic carbocycles. The molecule has 3 rings (SSSR count). The van der Waals surface area contributed by atoms with E-state index in [0.29, 0.717) is 18.5 Å². The summed E-state index contributed by atoms with van der Waals surface area (Å²) < 4.78 is 5.87. The molecule has 7 heteroatoms. The predicted molar refractivity (Wildman–Crippen MR) is 120 cm³/mol. The summed E-state index contributed by atoms with van der Waals surface area (Å²) in [5.74, 6) is 3.18. The number of likely N-dealkylation sites (tertiary alicyclic amines) is 1. The fourth-order valence-corrected chi connectivity index (χ4v) is 4.40. The van der Waals surface area contributed by atoms with Crippen molar-refractivity contribution in [1.82, 2.24) is 20.5 Å². The molecule has 1 aliphatic rings. The number of piperidine rings is 1. The Kier molecular flexibility index (Phi) is 7.35. The van der Waals surface area contributed by atoms with E-state index in [9.17, 15) is 0 Å². The van der Waals surface area contributed by atoms with Crippen LogP contribution in [0.3, 0.4) is 0 Å². The summed E-state index contributed by atoms with van der Waals surface area (Å²) in [4.78, 5) is 12.8. The molecule has 2 aromatic heterocycles. The minimum absolute atomic E-state index is 0.0367. The molecule has 29 heavy (non-hydrogen) atoms. The van der Waals surface area contributed by atoms with Crippen molar-refractivity contribution in [3.63, 3.8) is 0 Å².